The Bertz CT molecular complexity index is 1310. The first-order valence-electron chi connectivity index (χ1n) is 12.0. The van der Waals surface area contributed by atoms with Crippen LogP contribution in [0.25, 0.3) is 11.0 Å². The van der Waals surface area contributed by atoms with Crippen LogP contribution in [-0.4, -0.2) is 46.4 Å². The second-order valence-corrected chi connectivity index (χ2v) is 8.89. The maximum Gasteiger partial charge on any atom is 0.324 e. The number of benzene rings is 3. The number of anilines is 1. The van der Waals surface area contributed by atoms with Crippen LogP contribution in [0.5, 0.6) is 0 Å². The summed E-state index contributed by atoms with van der Waals surface area (Å²) in [4.78, 5) is 37.3. The van der Waals surface area contributed by atoms with Crippen LogP contribution in [0.4, 0.5) is 10.5 Å². The number of rotatable bonds is 7. The Balaban J connectivity index is 1.18. The molecule has 0 atom stereocenters. The van der Waals surface area contributed by atoms with Gasteiger partial charge in [-0.3, -0.25) is 9.69 Å². The van der Waals surface area contributed by atoms with Gasteiger partial charge in [0.25, 0.3) is 5.91 Å². The lowest BCUT2D eigenvalue weighted by Crippen LogP contribution is -2.49. The average molecular weight is 468 g/mol. The lowest BCUT2D eigenvalue weighted by molar-refractivity contribution is 0.0954. The first kappa shape index (κ1) is 22.7. The molecule has 1 aromatic heterocycles. The predicted molar refractivity (Wildman–Crippen MR) is 138 cm³/mol. The Hall–Kier alpha value is -4.13. The van der Waals surface area contributed by atoms with E-state index >= 15 is 0 Å². The van der Waals surface area contributed by atoms with E-state index < -0.39 is 0 Å². The van der Waals surface area contributed by atoms with Gasteiger partial charge in [-0.2, -0.15) is 0 Å². The SMILES string of the molecule is Cc1ccccc1CN1CCCN(c2ccc(C(=O)NCCc3nc4ccccc4[nH]3)cc2)C1=O. The Morgan fingerprint density at radius 2 is 1.77 bits per heavy atom. The molecule has 2 N–H and O–H groups in total. The molecule has 0 aliphatic carbocycles. The van der Waals surface area contributed by atoms with Crippen molar-refractivity contribution >= 4 is 28.7 Å². The van der Waals surface area contributed by atoms with Crippen LogP contribution in [0.1, 0.15) is 33.7 Å². The van der Waals surface area contributed by atoms with Crippen molar-refractivity contribution in [2.75, 3.05) is 24.5 Å². The molecular formula is C28H29N5O2. The summed E-state index contributed by atoms with van der Waals surface area (Å²) in [6, 6.07) is 23.3. The van der Waals surface area contributed by atoms with Crippen LogP contribution in [0, 0.1) is 6.92 Å². The van der Waals surface area contributed by atoms with Crippen molar-refractivity contribution in [3.8, 4) is 0 Å². The molecule has 3 aromatic carbocycles. The van der Waals surface area contributed by atoms with Crippen molar-refractivity contribution in [2.45, 2.75) is 26.3 Å². The standard InChI is InChI=1S/C28H29N5O2/c1-20-7-2-3-8-22(20)19-32-17-6-18-33(28(32)35)23-13-11-21(12-14-23)27(34)29-16-15-26-30-24-9-4-5-10-25(24)31-26/h2-5,7-14H,6,15-19H2,1H3,(H,29,34)(H,30,31). The zero-order chi connectivity index (χ0) is 24.2. The number of hydrogen-bond donors (Lipinski definition) is 2. The second-order valence-electron chi connectivity index (χ2n) is 8.89. The van der Waals surface area contributed by atoms with E-state index in [1.54, 1.807) is 17.0 Å². The Kier molecular flexibility index (Phi) is 6.48. The lowest BCUT2D eigenvalue weighted by Gasteiger charge is -2.36. The number of carbonyl (C=O) groups excluding carboxylic acids is 2. The van der Waals surface area contributed by atoms with Crippen molar-refractivity contribution in [1.29, 1.82) is 0 Å². The van der Waals surface area contributed by atoms with E-state index in [0.29, 0.717) is 31.6 Å². The van der Waals surface area contributed by atoms with Gasteiger partial charge in [-0.05, 0) is 60.9 Å². The normalized spacial score (nSPS) is 13.9. The molecule has 2 heterocycles. The van der Waals surface area contributed by atoms with E-state index in [0.717, 1.165) is 41.1 Å². The quantitative estimate of drug-likeness (QED) is 0.414. The van der Waals surface area contributed by atoms with E-state index in [2.05, 4.69) is 34.3 Å². The lowest BCUT2D eigenvalue weighted by atomic mass is 10.1. The van der Waals surface area contributed by atoms with Crippen molar-refractivity contribution in [2.24, 2.45) is 0 Å². The van der Waals surface area contributed by atoms with Crippen LogP contribution in [0.15, 0.2) is 72.8 Å². The maximum absolute atomic E-state index is 13.2. The number of fused-ring (bicyclic) bond motifs is 1. The number of urea groups is 1. The molecule has 0 unspecified atom stereocenters. The summed E-state index contributed by atoms with van der Waals surface area (Å²) in [5.74, 6) is 0.708. The molecule has 0 bridgehead atoms. The molecule has 1 aliphatic rings. The fourth-order valence-corrected chi connectivity index (χ4v) is 4.47. The largest absolute Gasteiger partial charge is 0.352 e. The van der Waals surface area contributed by atoms with Gasteiger partial charge in [0.2, 0.25) is 0 Å². The van der Waals surface area contributed by atoms with Crippen molar-refractivity contribution in [3.63, 3.8) is 0 Å². The molecule has 1 fully saturated rings. The summed E-state index contributed by atoms with van der Waals surface area (Å²) < 4.78 is 0. The number of imidazole rings is 1. The Morgan fingerprint density at radius 1 is 1.00 bits per heavy atom. The minimum absolute atomic E-state index is 0.00235. The van der Waals surface area contributed by atoms with Crippen LogP contribution >= 0.6 is 0 Å². The number of aromatic nitrogens is 2. The van der Waals surface area contributed by atoms with Gasteiger partial charge in [0.15, 0.2) is 0 Å². The molecule has 0 spiro atoms. The summed E-state index contributed by atoms with van der Waals surface area (Å²) in [5.41, 5.74) is 5.65. The zero-order valence-corrected chi connectivity index (χ0v) is 19.8. The van der Waals surface area contributed by atoms with E-state index in [-0.39, 0.29) is 11.9 Å². The van der Waals surface area contributed by atoms with Crippen LogP contribution < -0.4 is 10.2 Å². The van der Waals surface area contributed by atoms with E-state index in [4.69, 9.17) is 0 Å². The number of nitrogens with zero attached hydrogens (tertiary/aromatic N) is 3. The molecule has 178 valence electrons. The minimum Gasteiger partial charge on any atom is -0.352 e. The predicted octanol–water partition coefficient (Wildman–Crippen LogP) is 4.68. The number of carbonyl (C=O) groups is 2. The van der Waals surface area contributed by atoms with E-state index in [1.807, 2.05) is 53.4 Å². The molecule has 4 aromatic rings. The van der Waals surface area contributed by atoms with E-state index in [9.17, 15) is 9.59 Å². The van der Waals surface area contributed by atoms with Crippen molar-refractivity contribution in [3.05, 3.63) is 95.3 Å². The summed E-state index contributed by atoms with van der Waals surface area (Å²) >= 11 is 0. The maximum atomic E-state index is 13.2. The highest BCUT2D eigenvalue weighted by molar-refractivity contribution is 5.96. The van der Waals surface area contributed by atoms with Crippen LogP contribution in [-0.2, 0) is 13.0 Å². The smallest absolute Gasteiger partial charge is 0.324 e. The van der Waals surface area contributed by atoms with Gasteiger partial charge < -0.3 is 15.2 Å². The topological polar surface area (TPSA) is 81.3 Å². The number of aromatic amines is 1. The molecule has 7 heteroatoms. The molecule has 0 radical (unpaired) electrons. The highest BCUT2D eigenvalue weighted by Crippen LogP contribution is 2.23. The van der Waals surface area contributed by atoms with Gasteiger partial charge in [0.05, 0.1) is 11.0 Å². The highest BCUT2D eigenvalue weighted by atomic mass is 16.2. The number of aryl methyl sites for hydroxylation is 1. The average Bonchev–Trinajstić information content (AvgIpc) is 3.29. The zero-order valence-electron chi connectivity index (χ0n) is 19.8. The molecule has 5 rings (SSSR count). The van der Waals surface area contributed by atoms with Gasteiger partial charge >= 0.3 is 6.03 Å². The van der Waals surface area contributed by atoms with E-state index in [1.165, 1.54) is 5.56 Å². The number of hydrogen-bond acceptors (Lipinski definition) is 3. The van der Waals surface area contributed by atoms with Crippen LogP contribution in [0.2, 0.25) is 0 Å². The number of para-hydroxylation sites is 2. The van der Waals surface area contributed by atoms with Crippen molar-refractivity contribution in [1.82, 2.24) is 20.2 Å². The van der Waals surface area contributed by atoms with Gasteiger partial charge in [0, 0.05) is 43.9 Å². The number of amides is 3. The number of nitrogens with one attached hydrogen (secondary N) is 2. The van der Waals surface area contributed by atoms with Gasteiger partial charge in [0.1, 0.15) is 5.82 Å². The highest BCUT2D eigenvalue weighted by Gasteiger charge is 2.27. The molecule has 3 amide bonds. The first-order chi connectivity index (χ1) is 17.1. The third kappa shape index (κ3) is 5.04. The molecule has 35 heavy (non-hydrogen) atoms. The minimum atomic E-state index is -0.140. The molecule has 0 saturated carbocycles. The monoisotopic (exact) mass is 467 g/mol. The third-order valence-electron chi connectivity index (χ3n) is 6.46. The second kappa shape index (κ2) is 10.0. The van der Waals surface area contributed by atoms with Crippen molar-refractivity contribution < 1.29 is 9.59 Å². The molecule has 1 saturated heterocycles. The summed E-state index contributed by atoms with van der Waals surface area (Å²) in [7, 11) is 0. The first-order valence-corrected chi connectivity index (χ1v) is 12.0. The summed E-state index contributed by atoms with van der Waals surface area (Å²) in [5, 5.41) is 2.95. The number of H-pyrrole nitrogens is 1. The van der Waals surface area contributed by atoms with Gasteiger partial charge in [-0.15, -0.1) is 0 Å². The summed E-state index contributed by atoms with van der Waals surface area (Å²) in [6.07, 6.45) is 1.53. The third-order valence-corrected chi connectivity index (χ3v) is 6.46. The Morgan fingerprint density at radius 3 is 2.57 bits per heavy atom. The summed E-state index contributed by atoms with van der Waals surface area (Å²) in [6.45, 7) is 4.58. The fraction of sp³-hybridized carbons (Fsp3) is 0.250. The molecular weight excluding hydrogens is 438 g/mol. The Labute approximate surface area is 204 Å². The van der Waals surface area contributed by atoms with Gasteiger partial charge in [-0.1, -0.05) is 36.4 Å². The molecule has 7 nitrogen and oxygen atoms in total. The van der Waals surface area contributed by atoms with Gasteiger partial charge in [-0.25, -0.2) is 9.78 Å². The fourth-order valence-electron chi connectivity index (χ4n) is 4.47. The molecule has 1 aliphatic heterocycles. The van der Waals surface area contributed by atoms with Crippen LogP contribution in [0.3, 0.4) is 0 Å².